The van der Waals surface area contributed by atoms with Crippen molar-refractivity contribution >= 4 is 11.3 Å². The molecule has 1 aliphatic carbocycles. The third-order valence-corrected chi connectivity index (χ3v) is 5.32. The number of hydrogen-bond acceptors (Lipinski definition) is 4. The summed E-state index contributed by atoms with van der Waals surface area (Å²) in [6, 6.07) is 4.14. The molecule has 1 aliphatic rings. The number of nitrogens with two attached hydrogens (primary N) is 1. The van der Waals surface area contributed by atoms with Crippen LogP contribution in [0.15, 0.2) is 29.9 Å². The fourth-order valence-corrected chi connectivity index (χ4v) is 3.96. The van der Waals surface area contributed by atoms with Crippen LogP contribution in [-0.2, 0) is 6.54 Å². The lowest BCUT2D eigenvalue weighted by Gasteiger charge is -2.28. The van der Waals surface area contributed by atoms with Gasteiger partial charge in [-0.1, -0.05) is 12.5 Å². The van der Waals surface area contributed by atoms with Crippen molar-refractivity contribution in [3.05, 3.63) is 29.9 Å². The molecule has 3 N–H and O–H groups in total. The van der Waals surface area contributed by atoms with Crippen LogP contribution in [-0.4, -0.2) is 26.8 Å². The second-order valence-electron chi connectivity index (χ2n) is 5.61. The lowest BCUT2D eigenvalue weighted by molar-refractivity contribution is 0.00664. The average molecular weight is 291 g/mol. The zero-order chi connectivity index (χ0) is 14.0. The van der Waals surface area contributed by atoms with Gasteiger partial charge >= 0.3 is 0 Å². The van der Waals surface area contributed by atoms with Crippen molar-refractivity contribution in [2.75, 3.05) is 6.54 Å². The normalized spacial score (nSPS) is 26.2. The van der Waals surface area contributed by atoms with Crippen LogP contribution in [0, 0.1) is 5.92 Å². The Morgan fingerprint density at radius 3 is 3.20 bits per heavy atom. The maximum absolute atomic E-state index is 10.5. The van der Waals surface area contributed by atoms with Crippen molar-refractivity contribution in [2.45, 2.75) is 37.8 Å². The Morgan fingerprint density at radius 2 is 2.45 bits per heavy atom. The molecular formula is C15H21N3OS. The Balaban J connectivity index is 1.69. The minimum atomic E-state index is -0.649. The van der Waals surface area contributed by atoms with E-state index in [2.05, 4.69) is 21.0 Å². The van der Waals surface area contributed by atoms with Crippen LogP contribution in [0.1, 0.15) is 25.7 Å². The molecule has 20 heavy (non-hydrogen) atoms. The van der Waals surface area contributed by atoms with Gasteiger partial charge in [-0.15, -0.1) is 11.3 Å². The summed E-state index contributed by atoms with van der Waals surface area (Å²) in [7, 11) is 0. The summed E-state index contributed by atoms with van der Waals surface area (Å²) in [4.78, 5) is 5.64. The van der Waals surface area contributed by atoms with Gasteiger partial charge in [0.15, 0.2) is 0 Å². The Morgan fingerprint density at radius 1 is 1.55 bits per heavy atom. The summed E-state index contributed by atoms with van der Waals surface area (Å²) in [5.41, 5.74) is 5.10. The number of aliphatic hydroxyl groups is 1. The third kappa shape index (κ3) is 2.53. The zero-order valence-electron chi connectivity index (χ0n) is 11.5. The molecule has 1 saturated carbocycles. The van der Waals surface area contributed by atoms with Gasteiger partial charge in [0.2, 0.25) is 0 Å². The van der Waals surface area contributed by atoms with E-state index in [1.807, 2.05) is 18.5 Å². The molecule has 5 heteroatoms. The summed E-state index contributed by atoms with van der Waals surface area (Å²) in [6.07, 6.45) is 7.83. The summed E-state index contributed by atoms with van der Waals surface area (Å²) in [5.74, 6) is 1.33. The molecule has 0 aliphatic heterocycles. The van der Waals surface area contributed by atoms with Crippen molar-refractivity contribution in [3.63, 3.8) is 0 Å². The molecule has 1 fully saturated rings. The largest absolute Gasteiger partial charge is 0.388 e. The van der Waals surface area contributed by atoms with Crippen LogP contribution in [0.3, 0.4) is 0 Å². The highest BCUT2D eigenvalue weighted by Gasteiger charge is 2.39. The molecule has 2 aromatic rings. The first-order chi connectivity index (χ1) is 9.73. The molecule has 4 nitrogen and oxygen atoms in total. The first-order valence-electron chi connectivity index (χ1n) is 7.20. The summed E-state index contributed by atoms with van der Waals surface area (Å²) in [6.45, 7) is 1.26. The summed E-state index contributed by atoms with van der Waals surface area (Å²) in [5, 5.41) is 12.6. The van der Waals surface area contributed by atoms with Gasteiger partial charge in [0.25, 0.3) is 0 Å². The predicted molar refractivity (Wildman–Crippen MR) is 81.5 cm³/mol. The quantitative estimate of drug-likeness (QED) is 0.889. The molecule has 2 atom stereocenters. The summed E-state index contributed by atoms with van der Waals surface area (Å²) >= 11 is 1.70. The van der Waals surface area contributed by atoms with E-state index in [1.165, 1.54) is 4.88 Å². The average Bonchev–Trinajstić information content (AvgIpc) is 3.17. The minimum Gasteiger partial charge on any atom is -0.388 e. The van der Waals surface area contributed by atoms with Crippen molar-refractivity contribution in [1.29, 1.82) is 0 Å². The zero-order valence-corrected chi connectivity index (χ0v) is 12.4. The molecule has 0 bridgehead atoms. The first-order valence-corrected chi connectivity index (χ1v) is 8.08. The molecule has 108 valence electrons. The van der Waals surface area contributed by atoms with Gasteiger partial charge in [-0.05, 0) is 36.6 Å². The van der Waals surface area contributed by atoms with Gasteiger partial charge in [0.05, 0.1) is 10.5 Å². The lowest BCUT2D eigenvalue weighted by Crippen LogP contribution is -2.41. The Hall–Kier alpha value is -1.17. The van der Waals surface area contributed by atoms with Gasteiger partial charge in [-0.2, -0.15) is 0 Å². The molecule has 0 saturated heterocycles. The van der Waals surface area contributed by atoms with Crippen molar-refractivity contribution in [2.24, 2.45) is 11.7 Å². The Labute approximate surface area is 123 Å². The van der Waals surface area contributed by atoms with Gasteiger partial charge in [-0.25, -0.2) is 4.98 Å². The van der Waals surface area contributed by atoms with E-state index in [1.54, 1.807) is 11.3 Å². The molecule has 0 aromatic carbocycles. The van der Waals surface area contributed by atoms with E-state index in [0.717, 1.165) is 38.1 Å². The monoisotopic (exact) mass is 291 g/mol. The number of aromatic nitrogens is 2. The van der Waals surface area contributed by atoms with Crippen molar-refractivity contribution in [3.8, 4) is 10.7 Å². The summed E-state index contributed by atoms with van der Waals surface area (Å²) < 4.78 is 2.18. The SMILES string of the molecule is NCC1(O)CCCC1CCn1ccnc1-c1cccs1. The third-order valence-electron chi connectivity index (χ3n) is 4.45. The number of rotatable bonds is 5. The Bertz CT molecular complexity index is 551. The molecular weight excluding hydrogens is 270 g/mol. The molecule has 0 spiro atoms. The highest BCUT2D eigenvalue weighted by atomic mass is 32.1. The molecule has 2 aromatic heterocycles. The van der Waals surface area contributed by atoms with Crippen LogP contribution < -0.4 is 5.73 Å². The lowest BCUT2D eigenvalue weighted by atomic mass is 9.88. The van der Waals surface area contributed by atoms with Gasteiger partial charge in [-0.3, -0.25) is 0 Å². The molecule has 0 amide bonds. The van der Waals surface area contributed by atoms with E-state index < -0.39 is 5.60 Å². The number of imidazole rings is 1. The van der Waals surface area contributed by atoms with Crippen LogP contribution in [0.2, 0.25) is 0 Å². The number of hydrogen-bond donors (Lipinski definition) is 2. The minimum absolute atomic E-state index is 0.311. The van der Waals surface area contributed by atoms with E-state index in [9.17, 15) is 5.11 Å². The van der Waals surface area contributed by atoms with Crippen LogP contribution >= 0.6 is 11.3 Å². The second kappa shape index (κ2) is 5.68. The van der Waals surface area contributed by atoms with E-state index in [0.29, 0.717) is 12.5 Å². The van der Waals surface area contributed by atoms with Gasteiger partial charge in [0.1, 0.15) is 5.82 Å². The van der Waals surface area contributed by atoms with E-state index in [-0.39, 0.29) is 0 Å². The topological polar surface area (TPSA) is 64.1 Å². The van der Waals surface area contributed by atoms with Gasteiger partial charge in [0, 0.05) is 25.5 Å². The first kappa shape index (κ1) is 13.8. The molecule has 3 rings (SSSR count). The highest BCUT2D eigenvalue weighted by molar-refractivity contribution is 7.13. The van der Waals surface area contributed by atoms with E-state index >= 15 is 0 Å². The maximum Gasteiger partial charge on any atom is 0.149 e. The number of nitrogens with zero attached hydrogens (tertiary/aromatic N) is 2. The van der Waals surface area contributed by atoms with Crippen molar-refractivity contribution < 1.29 is 5.11 Å². The molecule has 0 radical (unpaired) electrons. The second-order valence-corrected chi connectivity index (χ2v) is 6.55. The Kier molecular flexibility index (Phi) is 3.92. The standard InChI is InChI=1S/C15H21N3OS/c16-11-15(19)6-1-3-12(15)5-8-18-9-7-17-14(18)13-4-2-10-20-13/h2,4,7,9-10,12,19H,1,3,5-6,8,11,16H2. The molecule has 2 heterocycles. The highest BCUT2D eigenvalue weighted by Crippen LogP contribution is 2.37. The van der Waals surface area contributed by atoms with Gasteiger partial charge < -0.3 is 15.4 Å². The fourth-order valence-electron chi connectivity index (χ4n) is 3.22. The van der Waals surface area contributed by atoms with Crippen LogP contribution in [0.5, 0.6) is 0 Å². The smallest absolute Gasteiger partial charge is 0.149 e. The predicted octanol–water partition coefficient (Wildman–Crippen LogP) is 2.49. The molecule has 2 unspecified atom stereocenters. The van der Waals surface area contributed by atoms with Crippen molar-refractivity contribution in [1.82, 2.24) is 9.55 Å². The maximum atomic E-state index is 10.5. The van der Waals surface area contributed by atoms with E-state index in [4.69, 9.17) is 5.73 Å². The van der Waals surface area contributed by atoms with Crippen LogP contribution in [0.25, 0.3) is 10.7 Å². The number of thiophene rings is 1. The number of aryl methyl sites for hydroxylation is 1. The van der Waals surface area contributed by atoms with Crippen LogP contribution in [0.4, 0.5) is 0 Å². The fraction of sp³-hybridized carbons (Fsp3) is 0.533.